The summed E-state index contributed by atoms with van der Waals surface area (Å²) in [6.45, 7) is 1.84. The van der Waals surface area contributed by atoms with E-state index in [4.69, 9.17) is 16.0 Å². The van der Waals surface area contributed by atoms with Crippen molar-refractivity contribution in [2.45, 2.75) is 6.92 Å². The van der Waals surface area contributed by atoms with E-state index in [1.54, 1.807) is 30.3 Å². The molecule has 0 fully saturated rings. The number of carbonyl (C=O) groups excluding carboxylic acids is 1. The van der Waals surface area contributed by atoms with Gasteiger partial charge in [-0.25, -0.2) is 5.43 Å². The molecule has 0 radical (unpaired) electrons. The third kappa shape index (κ3) is 3.21. The van der Waals surface area contributed by atoms with Crippen molar-refractivity contribution in [2.75, 3.05) is 0 Å². The fourth-order valence-corrected chi connectivity index (χ4v) is 1.56. The van der Waals surface area contributed by atoms with Crippen LogP contribution in [0.2, 0.25) is 5.02 Å². The van der Waals surface area contributed by atoms with Gasteiger partial charge < -0.3 is 4.42 Å². The number of nitrogens with one attached hydrogen (secondary N) is 1. The standard InChI is InChI=1S/C13H11ClN2O2/c1-9-5-6-12(18-9)8-15-16-13(17)10-3-2-4-11(14)7-10/h2-8H,1H3,(H,16,17)/b15-8+. The molecular formula is C13H11ClN2O2. The lowest BCUT2D eigenvalue weighted by Crippen LogP contribution is -2.17. The Morgan fingerprint density at radius 2 is 2.22 bits per heavy atom. The van der Waals surface area contributed by atoms with E-state index in [0.717, 1.165) is 5.76 Å². The summed E-state index contributed by atoms with van der Waals surface area (Å²) in [6.07, 6.45) is 1.44. The molecule has 1 amide bonds. The zero-order valence-electron chi connectivity index (χ0n) is 9.68. The number of hydrazone groups is 1. The fourth-order valence-electron chi connectivity index (χ4n) is 1.37. The fraction of sp³-hybridized carbons (Fsp3) is 0.0769. The highest BCUT2D eigenvalue weighted by Crippen LogP contribution is 2.10. The molecule has 0 bridgehead atoms. The van der Waals surface area contributed by atoms with E-state index in [0.29, 0.717) is 16.3 Å². The Morgan fingerprint density at radius 1 is 1.39 bits per heavy atom. The molecule has 1 aromatic heterocycles. The van der Waals surface area contributed by atoms with Crippen LogP contribution in [0.4, 0.5) is 0 Å². The number of nitrogens with zero attached hydrogens (tertiary/aromatic N) is 1. The van der Waals surface area contributed by atoms with Crippen molar-refractivity contribution in [1.82, 2.24) is 5.43 Å². The minimum atomic E-state index is -0.322. The van der Waals surface area contributed by atoms with Gasteiger partial charge in [0.2, 0.25) is 0 Å². The lowest BCUT2D eigenvalue weighted by molar-refractivity contribution is 0.0955. The molecule has 0 saturated heterocycles. The van der Waals surface area contributed by atoms with Gasteiger partial charge in [0, 0.05) is 10.6 Å². The van der Waals surface area contributed by atoms with Gasteiger partial charge in [-0.15, -0.1) is 0 Å². The normalized spacial score (nSPS) is 10.8. The Morgan fingerprint density at radius 3 is 2.89 bits per heavy atom. The summed E-state index contributed by atoms with van der Waals surface area (Å²) in [5.74, 6) is 1.05. The van der Waals surface area contributed by atoms with Gasteiger partial charge in [0.25, 0.3) is 5.91 Å². The number of furan rings is 1. The van der Waals surface area contributed by atoms with Crippen LogP contribution in [0.3, 0.4) is 0 Å². The molecule has 1 heterocycles. The Labute approximate surface area is 109 Å². The summed E-state index contributed by atoms with van der Waals surface area (Å²) in [5.41, 5.74) is 2.85. The first-order valence-electron chi connectivity index (χ1n) is 5.30. The largest absolute Gasteiger partial charge is 0.460 e. The highest BCUT2D eigenvalue weighted by molar-refractivity contribution is 6.30. The number of carbonyl (C=O) groups is 1. The second-order valence-corrected chi connectivity index (χ2v) is 4.09. The summed E-state index contributed by atoms with van der Waals surface area (Å²) in [5, 5.41) is 4.31. The van der Waals surface area contributed by atoms with Crippen molar-refractivity contribution in [1.29, 1.82) is 0 Å². The molecule has 0 aliphatic heterocycles. The summed E-state index contributed by atoms with van der Waals surface area (Å²) in [4.78, 5) is 11.7. The molecule has 0 spiro atoms. The first kappa shape index (κ1) is 12.4. The predicted molar refractivity (Wildman–Crippen MR) is 70.0 cm³/mol. The SMILES string of the molecule is Cc1ccc(/C=N/NC(=O)c2cccc(Cl)c2)o1. The topological polar surface area (TPSA) is 54.6 Å². The van der Waals surface area contributed by atoms with Gasteiger partial charge in [0.1, 0.15) is 11.5 Å². The van der Waals surface area contributed by atoms with E-state index in [1.807, 2.05) is 13.0 Å². The second-order valence-electron chi connectivity index (χ2n) is 3.66. The van der Waals surface area contributed by atoms with E-state index < -0.39 is 0 Å². The highest BCUT2D eigenvalue weighted by Gasteiger charge is 2.03. The number of halogens is 1. The third-order valence-corrected chi connectivity index (χ3v) is 2.44. The van der Waals surface area contributed by atoms with E-state index in [1.165, 1.54) is 6.21 Å². The average Bonchev–Trinajstić information content (AvgIpc) is 2.75. The molecule has 4 nitrogen and oxygen atoms in total. The monoisotopic (exact) mass is 262 g/mol. The molecule has 0 unspecified atom stereocenters. The van der Waals surface area contributed by atoms with Crippen molar-refractivity contribution < 1.29 is 9.21 Å². The smallest absolute Gasteiger partial charge is 0.271 e. The van der Waals surface area contributed by atoms with Crippen molar-refractivity contribution in [3.05, 3.63) is 58.5 Å². The van der Waals surface area contributed by atoms with Crippen molar-refractivity contribution >= 4 is 23.7 Å². The van der Waals surface area contributed by atoms with Crippen LogP contribution < -0.4 is 5.43 Å². The van der Waals surface area contributed by atoms with Gasteiger partial charge >= 0.3 is 0 Å². The molecule has 2 aromatic rings. The molecule has 0 atom stereocenters. The molecule has 2 rings (SSSR count). The number of amides is 1. The highest BCUT2D eigenvalue weighted by atomic mass is 35.5. The van der Waals surface area contributed by atoms with Crippen molar-refractivity contribution in [3.8, 4) is 0 Å². The Hall–Kier alpha value is -2.07. The predicted octanol–water partition coefficient (Wildman–Crippen LogP) is 3.01. The maximum Gasteiger partial charge on any atom is 0.271 e. The summed E-state index contributed by atoms with van der Waals surface area (Å²) in [6, 6.07) is 10.2. The van der Waals surface area contributed by atoms with Crippen LogP contribution in [0, 0.1) is 6.92 Å². The van der Waals surface area contributed by atoms with Crippen LogP contribution in [0.25, 0.3) is 0 Å². The zero-order valence-corrected chi connectivity index (χ0v) is 10.4. The number of aryl methyl sites for hydroxylation is 1. The molecule has 18 heavy (non-hydrogen) atoms. The average molecular weight is 263 g/mol. The van der Waals surface area contributed by atoms with E-state index in [9.17, 15) is 4.79 Å². The summed E-state index contributed by atoms with van der Waals surface area (Å²) < 4.78 is 5.27. The Balaban J connectivity index is 1.98. The molecule has 0 aliphatic rings. The van der Waals surface area contributed by atoms with Crippen LogP contribution in [0.1, 0.15) is 21.9 Å². The third-order valence-electron chi connectivity index (χ3n) is 2.21. The van der Waals surface area contributed by atoms with E-state index in [-0.39, 0.29) is 5.91 Å². The first-order valence-corrected chi connectivity index (χ1v) is 5.68. The summed E-state index contributed by atoms with van der Waals surface area (Å²) >= 11 is 5.79. The maximum atomic E-state index is 11.7. The molecule has 0 aliphatic carbocycles. The lowest BCUT2D eigenvalue weighted by Gasteiger charge is -1.99. The van der Waals surface area contributed by atoms with Crippen molar-refractivity contribution in [2.24, 2.45) is 5.10 Å². The number of hydrogen-bond donors (Lipinski definition) is 1. The molecule has 0 saturated carbocycles. The molecule has 1 N–H and O–H groups in total. The molecule has 92 valence electrons. The van der Waals surface area contributed by atoms with Crippen LogP contribution in [0.5, 0.6) is 0 Å². The van der Waals surface area contributed by atoms with Gasteiger partial charge in [-0.2, -0.15) is 5.10 Å². The van der Waals surface area contributed by atoms with Crippen LogP contribution in [-0.2, 0) is 0 Å². The first-order chi connectivity index (χ1) is 8.65. The van der Waals surface area contributed by atoms with Gasteiger partial charge in [0.15, 0.2) is 0 Å². The van der Waals surface area contributed by atoms with E-state index in [2.05, 4.69) is 10.5 Å². The van der Waals surface area contributed by atoms with Crippen LogP contribution in [-0.4, -0.2) is 12.1 Å². The second kappa shape index (κ2) is 5.51. The Kier molecular flexibility index (Phi) is 3.79. The zero-order chi connectivity index (χ0) is 13.0. The molecule has 5 heteroatoms. The molecule has 1 aromatic carbocycles. The maximum absolute atomic E-state index is 11.7. The van der Waals surface area contributed by atoms with Crippen molar-refractivity contribution in [3.63, 3.8) is 0 Å². The number of hydrogen-bond acceptors (Lipinski definition) is 3. The van der Waals surface area contributed by atoms with Crippen LogP contribution >= 0.6 is 11.6 Å². The van der Waals surface area contributed by atoms with Gasteiger partial charge in [0.05, 0.1) is 6.21 Å². The van der Waals surface area contributed by atoms with Gasteiger partial charge in [-0.1, -0.05) is 17.7 Å². The minimum Gasteiger partial charge on any atom is -0.460 e. The number of rotatable bonds is 3. The quantitative estimate of drug-likeness (QED) is 0.683. The Bertz CT molecular complexity index is 590. The van der Waals surface area contributed by atoms with Gasteiger partial charge in [-0.3, -0.25) is 4.79 Å². The summed E-state index contributed by atoms with van der Waals surface area (Å²) in [7, 11) is 0. The van der Waals surface area contributed by atoms with Crippen LogP contribution in [0.15, 0.2) is 45.9 Å². The minimum absolute atomic E-state index is 0.322. The molecular weight excluding hydrogens is 252 g/mol. The van der Waals surface area contributed by atoms with E-state index >= 15 is 0 Å². The number of benzene rings is 1. The van der Waals surface area contributed by atoms with Gasteiger partial charge in [-0.05, 0) is 37.3 Å². The lowest BCUT2D eigenvalue weighted by atomic mass is 10.2.